The third-order valence-corrected chi connectivity index (χ3v) is 3.96. The highest BCUT2D eigenvalue weighted by molar-refractivity contribution is 6.00. The second-order valence-corrected chi connectivity index (χ2v) is 4.97. The number of rotatable bonds is 1. The van der Waals surface area contributed by atoms with E-state index in [1.165, 1.54) is 0 Å². The average molecular weight is 304 g/mol. The van der Waals surface area contributed by atoms with Crippen LogP contribution in [0.25, 0.3) is 0 Å². The van der Waals surface area contributed by atoms with Crippen molar-refractivity contribution in [2.45, 2.75) is 19.3 Å². The smallest absolute Gasteiger partial charge is 0.234 e. The van der Waals surface area contributed by atoms with E-state index in [4.69, 9.17) is 0 Å². The third-order valence-electron chi connectivity index (χ3n) is 3.96. The van der Waals surface area contributed by atoms with Gasteiger partial charge in [-0.3, -0.25) is 9.78 Å². The first kappa shape index (κ1) is 16.2. The molecule has 1 N–H and O–H groups in total. The molecule has 1 atom stereocenters. The van der Waals surface area contributed by atoms with Crippen LogP contribution in [0.2, 0.25) is 0 Å². The van der Waals surface area contributed by atoms with Gasteiger partial charge in [0.1, 0.15) is 0 Å². The summed E-state index contributed by atoms with van der Waals surface area (Å²) in [5.74, 6) is 0.288. The molecule has 1 amide bonds. The van der Waals surface area contributed by atoms with Crippen LogP contribution in [0.4, 0.5) is 5.69 Å². The molecule has 0 bridgehead atoms. The topological polar surface area (TPSA) is 45.2 Å². The summed E-state index contributed by atoms with van der Waals surface area (Å²) in [5.41, 5.74) is 0.842. The molecule has 2 aliphatic rings. The second kappa shape index (κ2) is 6.55. The van der Waals surface area contributed by atoms with E-state index >= 15 is 0 Å². The number of aromatic nitrogens is 1. The Morgan fingerprint density at radius 3 is 2.58 bits per heavy atom. The van der Waals surface area contributed by atoms with Crippen LogP contribution in [0.5, 0.6) is 0 Å². The first-order valence-corrected chi connectivity index (χ1v) is 6.25. The minimum Gasteiger partial charge on any atom is -0.316 e. The molecule has 1 spiro atoms. The van der Waals surface area contributed by atoms with Gasteiger partial charge in [0.25, 0.3) is 0 Å². The van der Waals surface area contributed by atoms with Gasteiger partial charge in [0.15, 0.2) is 0 Å². The number of amides is 1. The molecule has 6 heteroatoms. The monoisotopic (exact) mass is 303 g/mol. The molecule has 2 saturated heterocycles. The number of nitrogens with one attached hydrogen (secondary N) is 1. The van der Waals surface area contributed by atoms with Gasteiger partial charge in [0.05, 0.1) is 5.41 Å². The highest BCUT2D eigenvalue weighted by Crippen LogP contribution is 2.39. The summed E-state index contributed by atoms with van der Waals surface area (Å²) in [7, 11) is 0. The lowest BCUT2D eigenvalue weighted by atomic mass is 9.79. The quantitative estimate of drug-likeness (QED) is 0.863. The Kier molecular flexibility index (Phi) is 5.59. The van der Waals surface area contributed by atoms with Crippen molar-refractivity contribution in [2.75, 3.05) is 24.5 Å². The van der Waals surface area contributed by atoms with E-state index in [1.807, 2.05) is 17.0 Å². The Bertz CT molecular complexity index is 421. The summed E-state index contributed by atoms with van der Waals surface area (Å²) >= 11 is 0. The molecule has 0 aliphatic carbocycles. The van der Waals surface area contributed by atoms with Crippen molar-refractivity contribution in [1.82, 2.24) is 10.3 Å². The zero-order chi connectivity index (χ0) is 11.7. The Balaban J connectivity index is 0.000000902. The first-order chi connectivity index (χ1) is 8.32. The van der Waals surface area contributed by atoms with Gasteiger partial charge in [0.2, 0.25) is 5.91 Å². The zero-order valence-electron chi connectivity index (χ0n) is 10.7. The first-order valence-electron chi connectivity index (χ1n) is 6.25. The molecule has 0 saturated carbocycles. The van der Waals surface area contributed by atoms with Crippen molar-refractivity contribution >= 4 is 36.4 Å². The van der Waals surface area contributed by atoms with Crippen LogP contribution in [0.3, 0.4) is 0 Å². The summed E-state index contributed by atoms with van der Waals surface area (Å²) in [4.78, 5) is 18.5. The van der Waals surface area contributed by atoms with Gasteiger partial charge in [-0.2, -0.15) is 0 Å². The summed E-state index contributed by atoms with van der Waals surface area (Å²) in [6.45, 7) is 2.72. The summed E-state index contributed by atoms with van der Waals surface area (Å²) in [5, 5.41) is 3.36. The minimum atomic E-state index is -0.137. The fourth-order valence-electron chi connectivity index (χ4n) is 2.95. The van der Waals surface area contributed by atoms with Crippen molar-refractivity contribution < 1.29 is 4.79 Å². The molecular weight excluding hydrogens is 285 g/mol. The average Bonchev–Trinajstić information content (AvgIpc) is 2.70. The molecule has 106 valence electrons. The molecule has 2 fully saturated rings. The van der Waals surface area contributed by atoms with Crippen LogP contribution in [-0.2, 0) is 4.79 Å². The maximum absolute atomic E-state index is 12.5. The number of piperidine rings is 1. The standard InChI is InChI=1S/C13H17N3O.2ClH/c17-12-13(4-1-6-15-10-13)5-9-16(12)11-2-7-14-8-3-11;;/h2-3,7-8,15H,1,4-6,9-10H2;2*1H. The van der Waals surface area contributed by atoms with E-state index in [-0.39, 0.29) is 36.1 Å². The van der Waals surface area contributed by atoms with Crippen molar-refractivity contribution in [2.24, 2.45) is 5.41 Å². The fraction of sp³-hybridized carbons (Fsp3) is 0.538. The van der Waals surface area contributed by atoms with Crippen LogP contribution in [0.15, 0.2) is 24.5 Å². The maximum Gasteiger partial charge on any atom is 0.234 e. The highest BCUT2D eigenvalue weighted by atomic mass is 35.5. The number of hydrogen-bond acceptors (Lipinski definition) is 3. The van der Waals surface area contributed by atoms with Crippen molar-refractivity contribution in [3.05, 3.63) is 24.5 Å². The van der Waals surface area contributed by atoms with E-state index < -0.39 is 0 Å². The fourth-order valence-corrected chi connectivity index (χ4v) is 2.95. The van der Waals surface area contributed by atoms with E-state index in [9.17, 15) is 4.79 Å². The number of carbonyl (C=O) groups excluding carboxylic acids is 1. The van der Waals surface area contributed by atoms with Gasteiger partial charge in [-0.25, -0.2) is 0 Å². The number of anilines is 1. The number of hydrogen-bond donors (Lipinski definition) is 1. The molecule has 0 radical (unpaired) electrons. The molecule has 1 aromatic rings. The van der Waals surface area contributed by atoms with Crippen LogP contribution < -0.4 is 10.2 Å². The molecule has 3 rings (SSSR count). The van der Waals surface area contributed by atoms with Gasteiger partial charge in [-0.15, -0.1) is 24.8 Å². The Hall–Kier alpha value is -0.840. The van der Waals surface area contributed by atoms with E-state index in [0.29, 0.717) is 0 Å². The predicted octanol–water partition coefficient (Wildman–Crippen LogP) is 2.03. The molecule has 3 heterocycles. The van der Waals surface area contributed by atoms with E-state index in [1.54, 1.807) is 12.4 Å². The van der Waals surface area contributed by atoms with Crippen molar-refractivity contribution in [3.63, 3.8) is 0 Å². The molecule has 0 aromatic carbocycles. The van der Waals surface area contributed by atoms with Gasteiger partial charge in [-0.05, 0) is 37.9 Å². The lowest BCUT2D eigenvalue weighted by molar-refractivity contribution is -0.126. The Morgan fingerprint density at radius 1 is 1.21 bits per heavy atom. The lowest BCUT2D eigenvalue weighted by Gasteiger charge is -2.32. The highest BCUT2D eigenvalue weighted by Gasteiger charge is 2.47. The van der Waals surface area contributed by atoms with E-state index in [2.05, 4.69) is 10.3 Å². The number of nitrogens with zero attached hydrogens (tertiary/aromatic N) is 2. The number of pyridine rings is 1. The maximum atomic E-state index is 12.5. The van der Waals surface area contributed by atoms with Crippen molar-refractivity contribution in [3.8, 4) is 0 Å². The second-order valence-electron chi connectivity index (χ2n) is 4.97. The number of carbonyl (C=O) groups is 1. The SMILES string of the molecule is Cl.Cl.O=C1N(c2ccncc2)CCC12CCCNC2. The van der Waals surface area contributed by atoms with Gasteiger partial charge in [0, 0.05) is 31.2 Å². The molecule has 1 unspecified atom stereocenters. The summed E-state index contributed by atoms with van der Waals surface area (Å²) in [6.07, 6.45) is 6.59. The Labute approximate surface area is 125 Å². The number of halogens is 2. The van der Waals surface area contributed by atoms with Crippen LogP contribution in [-0.4, -0.2) is 30.5 Å². The van der Waals surface area contributed by atoms with Crippen LogP contribution in [0, 0.1) is 5.41 Å². The minimum absolute atomic E-state index is 0. The Morgan fingerprint density at radius 2 is 1.95 bits per heavy atom. The normalized spacial score (nSPS) is 25.9. The third kappa shape index (κ3) is 2.86. The molecular formula is C13H19Cl2N3O. The van der Waals surface area contributed by atoms with Gasteiger partial charge < -0.3 is 10.2 Å². The summed E-state index contributed by atoms with van der Waals surface area (Å²) in [6, 6.07) is 3.82. The van der Waals surface area contributed by atoms with Gasteiger partial charge in [-0.1, -0.05) is 0 Å². The largest absolute Gasteiger partial charge is 0.316 e. The van der Waals surface area contributed by atoms with Crippen molar-refractivity contribution in [1.29, 1.82) is 0 Å². The molecule has 19 heavy (non-hydrogen) atoms. The molecule has 4 nitrogen and oxygen atoms in total. The zero-order valence-corrected chi connectivity index (χ0v) is 12.3. The predicted molar refractivity (Wildman–Crippen MR) is 80.2 cm³/mol. The van der Waals surface area contributed by atoms with Crippen LogP contribution in [0.1, 0.15) is 19.3 Å². The van der Waals surface area contributed by atoms with E-state index in [0.717, 1.165) is 44.6 Å². The van der Waals surface area contributed by atoms with Gasteiger partial charge >= 0.3 is 0 Å². The molecule has 1 aromatic heterocycles. The summed E-state index contributed by atoms with van der Waals surface area (Å²) < 4.78 is 0. The molecule has 2 aliphatic heterocycles. The van der Waals surface area contributed by atoms with Crippen LogP contribution >= 0.6 is 24.8 Å². The lowest BCUT2D eigenvalue weighted by Crippen LogP contribution is -2.45.